The molecule has 2 saturated carbocycles. The van der Waals surface area contributed by atoms with Gasteiger partial charge in [-0.15, -0.1) is 11.8 Å². The first-order valence-corrected chi connectivity index (χ1v) is 11.4. The minimum absolute atomic E-state index is 0.232. The van der Waals surface area contributed by atoms with E-state index in [4.69, 9.17) is 0 Å². The van der Waals surface area contributed by atoms with Gasteiger partial charge in [-0.05, 0) is 60.3 Å². The van der Waals surface area contributed by atoms with Crippen molar-refractivity contribution in [3.63, 3.8) is 0 Å². The Kier molecular flexibility index (Phi) is 5.59. The van der Waals surface area contributed by atoms with Crippen LogP contribution in [0.1, 0.15) is 43.6 Å². The summed E-state index contributed by atoms with van der Waals surface area (Å²) in [6, 6.07) is 18.0. The minimum Gasteiger partial charge on any atom is -0.338 e. The second-order valence-corrected chi connectivity index (χ2v) is 9.19. The van der Waals surface area contributed by atoms with Gasteiger partial charge >= 0.3 is 0 Å². The van der Waals surface area contributed by atoms with Crippen molar-refractivity contribution in [2.75, 3.05) is 6.26 Å². The number of nitriles is 1. The van der Waals surface area contributed by atoms with E-state index in [2.05, 4.69) is 11.4 Å². The molecule has 2 atom stereocenters. The van der Waals surface area contributed by atoms with E-state index >= 15 is 0 Å². The lowest BCUT2D eigenvalue weighted by atomic mass is 9.71. The fourth-order valence-corrected chi connectivity index (χ4v) is 4.76. The Morgan fingerprint density at radius 1 is 1.13 bits per heavy atom. The summed E-state index contributed by atoms with van der Waals surface area (Å²) in [5, 5.41) is 12.1. The van der Waals surface area contributed by atoms with E-state index in [0.29, 0.717) is 12.8 Å². The standard InChI is InChI=1S/C24H24F2N2OS/c1-30-17-8-6-16(7-9-17)18-4-2-3-5-19(18)20-10-11-24(25,26)14-21(20)22(29)28-23(15-27)12-13-23/h2-9,20-21H,10-14H2,1H3,(H,28,29). The first-order valence-electron chi connectivity index (χ1n) is 10.2. The number of nitrogens with zero attached hydrogens (tertiary/aromatic N) is 1. The highest BCUT2D eigenvalue weighted by atomic mass is 32.2. The summed E-state index contributed by atoms with van der Waals surface area (Å²) in [6.45, 7) is 0. The van der Waals surface area contributed by atoms with Gasteiger partial charge in [-0.25, -0.2) is 8.78 Å². The molecule has 0 aromatic heterocycles. The van der Waals surface area contributed by atoms with E-state index in [1.165, 1.54) is 0 Å². The highest BCUT2D eigenvalue weighted by Crippen LogP contribution is 2.48. The molecule has 0 spiro atoms. The summed E-state index contributed by atoms with van der Waals surface area (Å²) in [5.41, 5.74) is 2.05. The molecule has 2 aromatic carbocycles. The highest BCUT2D eigenvalue weighted by Gasteiger charge is 2.50. The summed E-state index contributed by atoms with van der Waals surface area (Å²) in [7, 11) is 0. The van der Waals surface area contributed by atoms with Crippen molar-refractivity contribution in [1.82, 2.24) is 5.32 Å². The number of thioether (sulfide) groups is 1. The highest BCUT2D eigenvalue weighted by molar-refractivity contribution is 7.98. The largest absolute Gasteiger partial charge is 0.338 e. The Hall–Kier alpha value is -2.39. The molecule has 2 unspecified atom stereocenters. The molecule has 2 aliphatic carbocycles. The zero-order valence-electron chi connectivity index (χ0n) is 16.8. The molecule has 2 aromatic rings. The molecule has 30 heavy (non-hydrogen) atoms. The molecular formula is C24H24F2N2OS. The number of nitrogens with one attached hydrogen (secondary N) is 1. The van der Waals surface area contributed by atoms with Gasteiger partial charge < -0.3 is 5.32 Å². The van der Waals surface area contributed by atoms with E-state index < -0.39 is 29.7 Å². The number of halogens is 2. The first kappa shape index (κ1) is 20.9. The molecule has 6 heteroatoms. The maximum atomic E-state index is 14.3. The normalized spacial score (nSPS) is 23.9. The smallest absolute Gasteiger partial charge is 0.249 e. The average molecular weight is 427 g/mol. The Bertz CT molecular complexity index is 979. The van der Waals surface area contributed by atoms with Crippen LogP contribution in [-0.4, -0.2) is 23.6 Å². The molecule has 0 aliphatic heterocycles. The summed E-state index contributed by atoms with van der Waals surface area (Å²) in [4.78, 5) is 14.2. The molecular weight excluding hydrogens is 402 g/mol. The van der Waals surface area contributed by atoms with Gasteiger partial charge in [0.2, 0.25) is 11.8 Å². The van der Waals surface area contributed by atoms with E-state index in [-0.39, 0.29) is 18.8 Å². The van der Waals surface area contributed by atoms with Crippen LogP contribution in [0.15, 0.2) is 53.4 Å². The lowest BCUT2D eigenvalue weighted by Crippen LogP contribution is -2.45. The Labute approximate surface area is 179 Å². The van der Waals surface area contributed by atoms with E-state index in [9.17, 15) is 18.8 Å². The predicted octanol–water partition coefficient (Wildman–Crippen LogP) is 5.77. The lowest BCUT2D eigenvalue weighted by molar-refractivity contribution is -0.134. The van der Waals surface area contributed by atoms with Crippen LogP contribution < -0.4 is 5.32 Å². The maximum Gasteiger partial charge on any atom is 0.249 e. The number of carbonyl (C=O) groups is 1. The van der Waals surface area contributed by atoms with E-state index in [1.807, 2.05) is 54.8 Å². The second-order valence-electron chi connectivity index (χ2n) is 8.31. The molecule has 0 saturated heterocycles. The van der Waals surface area contributed by atoms with Crippen LogP contribution in [0.4, 0.5) is 8.78 Å². The Morgan fingerprint density at radius 2 is 1.83 bits per heavy atom. The van der Waals surface area contributed by atoms with Crippen molar-refractivity contribution in [2.45, 2.75) is 54.4 Å². The van der Waals surface area contributed by atoms with Crippen molar-refractivity contribution < 1.29 is 13.6 Å². The van der Waals surface area contributed by atoms with Gasteiger partial charge in [0.15, 0.2) is 0 Å². The fourth-order valence-electron chi connectivity index (χ4n) is 4.35. The molecule has 2 aliphatic rings. The van der Waals surface area contributed by atoms with Crippen LogP contribution in [0.25, 0.3) is 11.1 Å². The summed E-state index contributed by atoms with van der Waals surface area (Å²) >= 11 is 1.66. The zero-order chi connectivity index (χ0) is 21.4. The SMILES string of the molecule is CSc1ccc(-c2ccccc2C2CCC(F)(F)CC2C(=O)NC2(C#N)CC2)cc1. The van der Waals surface area contributed by atoms with Crippen molar-refractivity contribution in [1.29, 1.82) is 5.26 Å². The number of hydrogen-bond donors (Lipinski definition) is 1. The second kappa shape index (κ2) is 8.03. The first-order chi connectivity index (χ1) is 14.4. The number of hydrogen-bond acceptors (Lipinski definition) is 3. The van der Waals surface area contributed by atoms with Crippen LogP contribution >= 0.6 is 11.8 Å². The molecule has 4 rings (SSSR count). The topological polar surface area (TPSA) is 52.9 Å². The summed E-state index contributed by atoms with van der Waals surface area (Å²) < 4.78 is 28.6. The van der Waals surface area contributed by atoms with Crippen LogP contribution in [0.3, 0.4) is 0 Å². The fraction of sp³-hybridized carbons (Fsp3) is 0.417. The van der Waals surface area contributed by atoms with E-state index in [0.717, 1.165) is 21.6 Å². The monoisotopic (exact) mass is 426 g/mol. The van der Waals surface area contributed by atoms with Crippen molar-refractivity contribution in [3.8, 4) is 17.2 Å². The Morgan fingerprint density at radius 3 is 2.47 bits per heavy atom. The predicted molar refractivity (Wildman–Crippen MR) is 114 cm³/mol. The number of alkyl halides is 2. The average Bonchev–Trinajstić information content (AvgIpc) is 3.53. The van der Waals surface area contributed by atoms with Crippen LogP contribution in [0, 0.1) is 17.2 Å². The third kappa shape index (κ3) is 4.22. The molecule has 3 nitrogen and oxygen atoms in total. The zero-order valence-corrected chi connectivity index (χ0v) is 17.6. The summed E-state index contributed by atoms with van der Waals surface area (Å²) in [6.07, 6.45) is 2.71. The Balaban J connectivity index is 1.68. The van der Waals surface area contributed by atoms with Crippen molar-refractivity contribution >= 4 is 17.7 Å². The third-order valence-corrected chi connectivity index (χ3v) is 6.99. The quantitative estimate of drug-likeness (QED) is 0.618. The number of amides is 1. The van der Waals surface area contributed by atoms with Crippen molar-refractivity contribution in [2.24, 2.45) is 5.92 Å². The molecule has 156 valence electrons. The van der Waals surface area contributed by atoms with Gasteiger partial charge in [-0.2, -0.15) is 5.26 Å². The molecule has 0 heterocycles. The van der Waals surface area contributed by atoms with Crippen molar-refractivity contribution in [3.05, 3.63) is 54.1 Å². The van der Waals surface area contributed by atoms with Crippen LogP contribution in [0.5, 0.6) is 0 Å². The van der Waals surface area contributed by atoms with E-state index in [1.54, 1.807) is 11.8 Å². The number of benzene rings is 2. The van der Waals surface area contributed by atoms with Gasteiger partial charge in [0, 0.05) is 17.7 Å². The maximum absolute atomic E-state index is 14.3. The van der Waals surface area contributed by atoms with Gasteiger partial charge in [-0.3, -0.25) is 4.79 Å². The number of carbonyl (C=O) groups excluding carboxylic acids is 1. The van der Waals surface area contributed by atoms with Gasteiger partial charge in [0.05, 0.1) is 12.0 Å². The summed E-state index contributed by atoms with van der Waals surface area (Å²) in [5.74, 6) is -4.45. The molecule has 0 bridgehead atoms. The van der Waals surface area contributed by atoms with Gasteiger partial charge in [0.25, 0.3) is 0 Å². The molecule has 0 radical (unpaired) electrons. The van der Waals surface area contributed by atoms with Crippen LogP contribution in [-0.2, 0) is 4.79 Å². The molecule has 2 fully saturated rings. The third-order valence-electron chi connectivity index (χ3n) is 6.25. The molecule has 1 amide bonds. The van der Waals surface area contributed by atoms with Gasteiger partial charge in [-0.1, -0.05) is 36.4 Å². The molecule has 1 N–H and O–H groups in total. The number of rotatable bonds is 5. The van der Waals surface area contributed by atoms with Crippen LogP contribution in [0.2, 0.25) is 0 Å². The lowest BCUT2D eigenvalue weighted by Gasteiger charge is -2.36. The van der Waals surface area contributed by atoms with Gasteiger partial charge in [0.1, 0.15) is 5.54 Å². The minimum atomic E-state index is -2.86.